The van der Waals surface area contributed by atoms with Gasteiger partial charge in [0, 0.05) is 19.0 Å². The van der Waals surface area contributed by atoms with Gasteiger partial charge in [-0.2, -0.15) is 0 Å². The number of benzene rings is 1. The van der Waals surface area contributed by atoms with Gasteiger partial charge in [0.15, 0.2) is 6.29 Å². The fourth-order valence-corrected chi connectivity index (χ4v) is 1.83. The molecule has 1 aromatic carbocycles. The monoisotopic (exact) mass is 202 g/mol. The lowest BCUT2D eigenvalue weighted by Crippen LogP contribution is -1.96. The summed E-state index contributed by atoms with van der Waals surface area (Å²) in [7, 11) is 1.99. The quantitative estimate of drug-likeness (QED) is 0.716. The topological polar surface area (TPSA) is 34.9 Å². The molecule has 0 aliphatic rings. The third-order valence-electron chi connectivity index (χ3n) is 2.64. The number of rotatable bonds is 3. The van der Waals surface area contributed by atoms with Crippen LogP contribution in [0.2, 0.25) is 0 Å². The zero-order valence-corrected chi connectivity index (χ0v) is 9.03. The number of para-hydroxylation sites is 1. The molecule has 0 saturated heterocycles. The van der Waals surface area contributed by atoms with Gasteiger partial charge in [-0.1, -0.05) is 13.0 Å². The van der Waals surface area contributed by atoms with E-state index in [0.717, 1.165) is 36.0 Å². The first-order valence-corrected chi connectivity index (χ1v) is 5.17. The highest BCUT2D eigenvalue weighted by atomic mass is 16.1. The van der Waals surface area contributed by atoms with Gasteiger partial charge in [-0.15, -0.1) is 0 Å². The molecule has 0 bridgehead atoms. The first kappa shape index (κ1) is 9.90. The van der Waals surface area contributed by atoms with Crippen LogP contribution in [0.25, 0.3) is 11.0 Å². The number of carbonyl (C=O) groups excluding carboxylic acids is 1. The van der Waals surface area contributed by atoms with Gasteiger partial charge in [-0.25, -0.2) is 4.98 Å². The Hall–Kier alpha value is -1.64. The van der Waals surface area contributed by atoms with E-state index in [1.807, 2.05) is 19.2 Å². The van der Waals surface area contributed by atoms with E-state index < -0.39 is 0 Å². The minimum Gasteiger partial charge on any atom is -0.331 e. The normalized spacial score (nSPS) is 10.8. The molecule has 0 aliphatic heterocycles. The Balaban J connectivity index is 2.69. The lowest BCUT2D eigenvalue weighted by molar-refractivity contribution is 0.112. The number of fused-ring (bicyclic) bond motifs is 1. The van der Waals surface area contributed by atoms with E-state index in [-0.39, 0.29) is 0 Å². The molecular weight excluding hydrogens is 188 g/mol. The number of hydrogen-bond donors (Lipinski definition) is 0. The van der Waals surface area contributed by atoms with Crippen molar-refractivity contribution < 1.29 is 4.79 Å². The lowest BCUT2D eigenvalue weighted by atomic mass is 10.2. The summed E-state index contributed by atoms with van der Waals surface area (Å²) in [4.78, 5) is 15.4. The van der Waals surface area contributed by atoms with Crippen LogP contribution in [0.4, 0.5) is 0 Å². The van der Waals surface area contributed by atoms with E-state index >= 15 is 0 Å². The summed E-state index contributed by atoms with van der Waals surface area (Å²) < 4.78 is 2.06. The van der Waals surface area contributed by atoms with Gasteiger partial charge in [0.1, 0.15) is 5.82 Å². The molecule has 78 valence electrons. The second kappa shape index (κ2) is 3.85. The van der Waals surface area contributed by atoms with Crippen LogP contribution in [-0.2, 0) is 13.5 Å². The summed E-state index contributed by atoms with van der Waals surface area (Å²) in [6.07, 6.45) is 2.88. The second-order valence-corrected chi connectivity index (χ2v) is 3.67. The van der Waals surface area contributed by atoms with Crippen molar-refractivity contribution in [2.45, 2.75) is 19.8 Å². The first-order valence-electron chi connectivity index (χ1n) is 5.17. The van der Waals surface area contributed by atoms with Crippen molar-refractivity contribution in [1.29, 1.82) is 0 Å². The average molecular weight is 202 g/mol. The molecule has 3 heteroatoms. The number of aryl methyl sites for hydroxylation is 2. The highest BCUT2D eigenvalue weighted by molar-refractivity contribution is 5.94. The molecule has 15 heavy (non-hydrogen) atoms. The molecule has 1 heterocycles. The van der Waals surface area contributed by atoms with Crippen LogP contribution >= 0.6 is 0 Å². The molecule has 0 unspecified atom stereocenters. The summed E-state index contributed by atoms with van der Waals surface area (Å²) >= 11 is 0. The number of carbonyl (C=O) groups is 1. The fourth-order valence-electron chi connectivity index (χ4n) is 1.83. The minimum absolute atomic E-state index is 0.672. The largest absolute Gasteiger partial charge is 0.331 e. The lowest BCUT2D eigenvalue weighted by Gasteiger charge is -1.99. The Labute approximate surface area is 88.7 Å². The van der Waals surface area contributed by atoms with Crippen LogP contribution < -0.4 is 0 Å². The van der Waals surface area contributed by atoms with Gasteiger partial charge >= 0.3 is 0 Å². The Bertz CT molecular complexity index is 500. The Morgan fingerprint density at radius 2 is 2.27 bits per heavy atom. The average Bonchev–Trinajstić information content (AvgIpc) is 2.57. The van der Waals surface area contributed by atoms with E-state index in [9.17, 15) is 4.79 Å². The summed E-state index contributed by atoms with van der Waals surface area (Å²) in [5.74, 6) is 1.04. The molecule has 0 aliphatic carbocycles. The van der Waals surface area contributed by atoms with Crippen molar-refractivity contribution in [3.05, 3.63) is 29.6 Å². The zero-order chi connectivity index (χ0) is 10.8. The van der Waals surface area contributed by atoms with Gasteiger partial charge in [-0.3, -0.25) is 4.79 Å². The van der Waals surface area contributed by atoms with Gasteiger partial charge in [0.2, 0.25) is 0 Å². The summed E-state index contributed by atoms with van der Waals surface area (Å²) in [6.45, 7) is 2.12. The molecule has 2 aromatic rings. The number of aromatic nitrogens is 2. The van der Waals surface area contributed by atoms with Crippen molar-refractivity contribution in [1.82, 2.24) is 9.55 Å². The van der Waals surface area contributed by atoms with Gasteiger partial charge < -0.3 is 4.57 Å². The summed E-state index contributed by atoms with van der Waals surface area (Å²) in [5, 5.41) is 0. The molecule has 1 aromatic heterocycles. The van der Waals surface area contributed by atoms with E-state index in [2.05, 4.69) is 16.5 Å². The number of aldehydes is 1. The third kappa shape index (κ3) is 1.54. The van der Waals surface area contributed by atoms with Crippen molar-refractivity contribution in [2.24, 2.45) is 7.05 Å². The molecule has 0 saturated carbocycles. The van der Waals surface area contributed by atoms with Gasteiger partial charge in [0.05, 0.1) is 11.0 Å². The van der Waals surface area contributed by atoms with Crippen LogP contribution in [0.1, 0.15) is 29.5 Å². The van der Waals surface area contributed by atoms with Crippen LogP contribution in [0, 0.1) is 0 Å². The van der Waals surface area contributed by atoms with Gasteiger partial charge in [0.25, 0.3) is 0 Å². The maximum Gasteiger partial charge on any atom is 0.152 e. The molecule has 2 rings (SSSR count). The Morgan fingerprint density at radius 1 is 1.47 bits per heavy atom. The molecule has 0 amide bonds. The van der Waals surface area contributed by atoms with Crippen molar-refractivity contribution in [2.75, 3.05) is 0 Å². The van der Waals surface area contributed by atoms with Crippen LogP contribution in [0.3, 0.4) is 0 Å². The molecule has 0 atom stereocenters. The van der Waals surface area contributed by atoms with Crippen molar-refractivity contribution in [3.8, 4) is 0 Å². The summed E-state index contributed by atoms with van der Waals surface area (Å²) in [6, 6.07) is 5.69. The molecule has 0 N–H and O–H groups in total. The highest BCUT2D eigenvalue weighted by Gasteiger charge is 2.09. The molecular formula is C12H14N2O. The Morgan fingerprint density at radius 3 is 2.93 bits per heavy atom. The van der Waals surface area contributed by atoms with Crippen molar-refractivity contribution >= 4 is 17.3 Å². The molecule has 3 nitrogen and oxygen atoms in total. The van der Waals surface area contributed by atoms with E-state index in [1.165, 1.54) is 0 Å². The maximum atomic E-state index is 10.8. The number of hydrogen-bond acceptors (Lipinski definition) is 2. The van der Waals surface area contributed by atoms with Crippen molar-refractivity contribution in [3.63, 3.8) is 0 Å². The standard InChI is InChI=1S/C12H14N2O/c1-3-5-11-13-12-9(8-15)6-4-7-10(12)14(11)2/h4,6-8H,3,5H2,1-2H3. The highest BCUT2D eigenvalue weighted by Crippen LogP contribution is 2.18. The predicted octanol–water partition coefficient (Wildman–Crippen LogP) is 2.34. The van der Waals surface area contributed by atoms with E-state index in [1.54, 1.807) is 6.07 Å². The molecule has 0 spiro atoms. The van der Waals surface area contributed by atoms with Crippen LogP contribution in [0.15, 0.2) is 18.2 Å². The number of nitrogens with zero attached hydrogens (tertiary/aromatic N) is 2. The smallest absolute Gasteiger partial charge is 0.152 e. The first-order chi connectivity index (χ1) is 7.27. The molecule has 0 fully saturated rings. The maximum absolute atomic E-state index is 10.8. The Kier molecular flexibility index (Phi) is 2.54. The van der Waals surface area contributed by atoms with E-state index in [0.29, 0.717) is 5.56 Å². The van der Waals surface area contributed by atoms with Gasteiger partial charge in [-0.05, 0) is 18.6 Å². The predicted molar refractivity (Wildman–Crippen MR) is 60.1 cm³/mol. The summed E-state index contributed by atoms with van der Waals surface area (Å²) in [5.41, 5.74) is 2.52. The third-order valence-corrected chi connectivity index (χ3v) is 2.64. The minimum atomic E-state index is 0.672. The van der Waals surface area contributed by atoms with Crippen LogP contribution in [-0.4, -0.2) is 15.8 Å². The van der Waals surface area contributed by atoms with E-state index in [4.69, 9.17) is 0 Å². The second-order valence-electron chi connectivity index (χ2n) is 3.67. The molecule has 0 radical (unpaired) electrons. The SMILES string of the molecule is CCCc1nc2c(C=O)cccc2n1C. The zero-order valence-electron chi connectivity index (χ0n) is 9.03. The fraction of sp³-hybridized carbons (Fsp3) is 0.333. The number of imidazole rings is 1. The van der Waals surface area contributed by atoms with Crippen LogP contribution in [0.5, 0.6) is 0 Å².